The second-order valence-electron chi connectivity index (χ2n) is 7.14. The molecular weight excluding hydrogens is 375 g/mol. The van der Waals surface area contributed by atoms with Gasteiger partial charge < -0.3 is 10.1 Å². The van der Waals surface area contributed by atoms with Crippen LogP contribution < -0.4 is 5.32 Å². The number of amides is 1. The Kier molecular flexibility index (Phi) is 3.62. The fourth-order valence-electron chi connectivity index (χ4n) is 4.92. The maximum atomic E-state index is 14.6. The number of nitrogens with one attached hydrogen (secondary N) is 1. The SMILES string of the molecule is COC1CCC2(CC1)Cc1c(F)ccc(Br)c1C21N=C(C)NC1=O. The molecule has 0 saturated heterocycles. The zero-order valence-corrected chi connectivity index (χ0v) is 15.4. The maximum Gasteiger partial charge on any atom is 0.258 e. The number of carbonyl (C=O) groups excluding carboxylic acids is 1. The zero-order valence-electron chi connectivity index (χ0n) is 13.8. The van der Waals surface area contributed by atoms with Crippen LogP contribution in [0.4, 0.5) is 4.39 Å². The third kappa shape index (κ3) is 1.93. The third-order valence-corrected chi connectivity index (χ3v) is 6.69. The van der Waals surface area contributed by atoms with Crippen molar-refractivity contribution in [3.63, 3.8) is 0 Å². The highest BCUT2D eigenvalue weighted by molar-refractivity contribution is 9.10. The van der Waals surface area contributed by atoms with Gasteiger partial charge in [0.15, 0.2) is 5.54 Å². The van der Waals surface area contributed by atoms with Crippen molar-refractivity contribution >= 4 is 27.7 Å². The van der Waals surface area contributed by atoms with E-state index >= 15 is 0 Å². The minimum absolute atomic E-state index is 0.124. The first kappa shape index (κ1) is 16.2. The summed E-state index contributed by atoms with van der Waals surface area (Å²) in [6.07, 6.45) is 4.10. The van der Waals surface area contributed by atoms with Crippen molar-refractivity contribution in [2.45, 2.75) is 50.7 Å². The summed E-state index contributed by atoms with van der Waals surface area (Å²) in [7, 11) is 1.72. The van der Waals surface area contributed by atoms with E-state index < -0.39 is 5.54 Å². The molecule has 1 fully saturated rings. The maximum absolute atomic E-state index is 14.6. The van der Waals surface area contributed by atoms with Crippen LogP contribution in [0.15, 0.2) is 21.6 Å². The van der Waals surface area contributed by atoms with Crippen LogP contribution in [-0.2, 0) is 21.5 Å². The number of hydrogen-bond donors (Lipinski definition) is 1. The second-order valence-corrected chi connectivity index (χ2v) is 7.99. The Morgan fingerprint density at radius 3 is 2.67 bits per heavy atom. The standard InChI is InChI=1S/C18H20BrFN2O2/c1-10-21-16(23)18(22-10)15-12(14(20)4-3-13(15)19)9-17(18)7-5-11(24-2)6-8-17/h3-4,11H,5-9H2,1-2H3,(H,21,22,23). The lowest BCUT2D eigenvalue weighted by molar-refractivity contribution is -0.130. The van der Waals surface area contributed by atoms with Gasteiger partial charge in [-0.1, -0.05) is 15.9 Å². The minimum Gasteiger partial charge on any atom is -0.381 e. The Bertz CT molecular complexity index is 756. The average Bonchev–Trinajstić information content (AvgIpc) is 3.01. The van der Waals surface area contributed by atoms with Crippen LogP contribution in [0.25, 0.3) is 0 Å². The molecule has 1 aliphatic heterocycles. The first-order valence-electron chi connectivity index (χ1n) is 8.31. The first-order chi connectivity index (χ1) is 11.4. The molecule has 1 saturated carbocycles. The molecule has 128 valence electrons. The molecule has 1 heterocycles. The lowest BCUT2D eigenvalue weighted by Gasteiger charge is -2.44. The minimum atomic E-state index is -1.02. The van der Waals surface area contributed by atoms with Crippen LogP contribution in [0.1, 0.15) is 43.7 Å². The predicted octanol–water partition coefficient (Wildman–Crippen LogP) is 3.46. The average molecular weight is 395 g/mol. The van der Waals surface area contributed by atoms with Gasteiger partial charge in [0.1, 0.15) is 11.7 Å². The van der Waals surface area contributed by atoms with Crippen molar-refractivity contribution in [1.82, 2.24) is 5.32 Å². The van der Waals surface area contributed by atoms with Gasteiger partial charge in [0.2, 0.25) is 0 Å². The molecule has 4 rings (SSSR count). The molecule has 1 aromatic rings. The third-order valence-electron chi connectivity index (χ3n) is 6.03. The number of rotatable bonds is 1. The first-order valence-corrected chi connectivity index (χ1v) is 9.11. The molecule has 1 N–H and O–H groups in total. The topological polar surface area (TPSA) is 50.7 Å². The van der Waals surface area contributed by atoms with Gasteiger partial charge in [-0.3, -0.25) is 9.79 Å². The Balaban J connectivity index is 1.93. The summed E-state index contributed by atoms with van der Waals surface area (Å²) in [5.41, 5.74) is -0.0512. The predicted molar refractivity (Wildman–Crippen MR) is 92.4 cm³/mol. The number of ether oxygens (including phenoxy) is 1. The van der Waals surface area contributed by atoms with Gasteiger partial charge in [-0.25, -0.2) is 4.39 Å². The molecule has 2 aliphatic carbocycles. The lowest BCUT2D eigenvalue weighted by atomic mass is 9.61. The molecule has 1 aromatic carbocycles. The quantitative estimate of drug-likeness (QED) is 0.792. The van der Waals surface area contributed by atoms with E-state index in [2.05, 4.69) is 21.2 Å². The van der Waals surface area contributed by atoms with Gasteiger partial charge >= 0.3 is 0 Å². The van der Waals surface area contributed by atoms with Gasteiger partial charge in [0.05, 0.1) is 6.10 Å². The summed E-state index contributed by atoms with van der Waals surface area (Å²) in [5.74, 6) is 0.240. The molecule has 1 amide bonds. The number of amidine groups is 1. The number of carbonyl (C=O) groups is 1. The van der Waals surface area contributed by atoms with E-state index in [4.69, 9.17) is 9.73 Å². The summed E-state index contributed by atoms with van der Waals surface area (Å²) in [5, 5.41) is 2.87. The van der Waals surface area contributed by atoms with Crippen LogP contribution in [0, 0.1) is 11.2 Å². The van der Waals surface area contributed by atoms with E-state index in [1.165, 1.54) is 6.07 Å². The van der Waals surface area contributed by atoms with E-state index in [9.17, 15) is 9.18 Å². The number of hydrogen-bond acceptors (Lipinski definition) is 3. The van der Waals surface area contributed by atoms with E-state index in [0.717, 1.165) is 30.2 Å². The van der Waals surface area contributed by atoms with Crippen molar-refractivity contribution in [3.8, 4) is 0 Å². The molecule has 4 nitrogen and oxygen atoms in total. The zero-order chi connectivity index (χ0) is 17.1. The molecule has 0 bridgehead atoms. The molecule has 0 aromatic heterocycles. The number of nitrogens with zero attached hydrogens (tertiary/aromatic N) is 1. The van der Waals surface area contributed by atoms with Crippen molar-refractivity contribution in [1.29, 1.82) is 0 Å². The molecule has 6 heteroatoms. The normalized spacial score (nSPS) is 34.6. The van der Waals surface area contributed by atoms with Crippen LogP contribution in [0.2, 0.25) is 0 Å². The monoisotopic (exact) mass is 394 g/mol. The Hall–Kier alpha value is -1.27. The highest BCUT2D eigenvalue weighted by Gasteiger charge is 2.65. The fraction of sp³-hybridized carbons (Fsp3) is 0.556. The van der Waals surface area contributed by atoms with Gasteiger partial charge in [-0.15, -0.1) is 0 Å². The van der Waals surface area contributed by atoms with Crippen LogP contribution in [0.5, 0.6) is 0 Å². The molecule has 24 heavy (non-hydrogen) atoms. The number of benzene rings is 1. The Labute approximate surface area is 149 Å². The highest BCUT2D eigenvalue weighted by atomic mass is 79.9. The molecule has 0 radical (unpaired) electrons. The molecular formula is C18H20BrFN2O2. The second kappa shape index (κ2) is 5.36. The fourth-order valence-corrected chi connectivity index (χ4v) is 5.58. The largest absolute Gasteiger partial charge is 0.381 e. The Morgan fingerprint density at radius 1 is 1.38 bits per heavy atom. The van der Waals surface area contributed by atoms with E-state index in [0.29, 0.717) is 23.4 Å². The number of fused-ring (bicyclic) bond motifs is 3. The Morgan fingerprint density at radius 2 is 2.08 bits per heavy atom. The van der Waals surface area contributed by atoms with E-state index in [1.54, 1.807) is 20.1 Å². The van der Waals surface area contributed by atoms with E-state index in [-0.39, 0.29) is 23.2 Å². The van der Waals surface area contributed by atoms with Crippen molar-refractivity contribution < 1.29 is 13.9 Å². The van der Waals surface area contributed by atoms with Crippen LogP contribution in [0.3, 0.4) is 0 Å². The van der Waals surface area contributed by atoms with Crippen LogP contribution >= 0.6 is 15.9 Å². The van der Waals surface area contributed by atoms with Crippen molar-refractivity contribution in [2.24, 2.45) is 10.4 Å². The summed E-state index contributed by atoms with van der Waals surface area (Å²) >= 11 is 3.55. The van der Waals surface area contributed by atoms with Crippen LogP contribution in [-0.4, -0.2) is 25.0 Å². The highest BCUT2D eigenvalue weighted by Crippen LogP contribution is 2.62. The number of aliphatic imine (C=N–C) groups is 1. The summed E-state index contributed by atoms with van der Waals surface area (Å²) < 4.78 is 20.8. The molecule has 2 spiro atoms. The summed E-state index contributed by atoms with van der Waals surface area (Å²) in [6.45, 7) is 1.80. The molecule has 3 aliphatic rings. The van der Waals surface area contributed by atoms with Gasteiger partial charge in [-0.2, -0.15) is 0 Å². The summed E-state index contributed by atoms with van der Waals surface area (Å²) in [4.78, 5) is 17.8. The smallest absolute Gasteiger partial charge is 0.258 e. The van der Waals surface area contributed by atoms with Gasteiger partial charge in [0, 0.05) is 22.6 Å². The van der Waals surface area contributed by atoms with Gasteiger partial charge in [-0.05, 0) is 56.7 Å². The number of halogens is 2. The number of methoxy groups -OCH3 is 1. The van der Waals surface area contributed by atoms with E-state index in [1.807, 2.05) is 0 Å². The lowest BCUT2D eigenvalue weighted by Crippen LogP contribution is -2.51. The van der Waals surface area contributed by atoms with Gasteiger partial charge in [0.25, 0.3) is 5.91 Å². The van der Waals surface area contributed by atoms with Crippen molar-refractivity contribution in [3.05, 3.63) is 33.5 Å². The molecule has 1 unspecified atom stereocenters. The van der Waals surface area contributed by atoms with Crippen molar-refractivity contribution in [2.75, 3.05) is 7.11 Å². The molecule has 1 atom stereocenters. The summed E-state index contributed by atoms with van der Waals surface area (Å²) in [6, 6.07) is 3.16.